The molecule has 0 saturated heterocycles. The Balaban J connectivity index is 0.900. The fourth-order valence-electron chi connectivity index (χ4n) is 15.3. The third-order valence-electron chi connectivity index (χ3n) is 19.7. The fourth-order valence-corrected chi connectivity index (χ4v) is 15.3. The molecule has 2 aliphatic heterocycles. The van der Waals surface area contributed by atoms with Crippen LogP contribution in [-0.4, -0.2) is 39.3 Å². The van der Waals surface area contributed by atoms with Crippen molar-refractivity contribution in [2.45, 2.75) is 120 Å². The summed E-state index contributed by atoms with van der Waals surface area (Å²) in [6, 6.07) is 57.3. The Morgan fingerprint density at radius 3 is 1.34 bits per heavy atom. The van der Waals surface area contributed by atoms with Gasteiger partial charge in [0, 0.05) is 78.6 Å². The Morgan fingerprint density at radius 2 is 0.831 bits per heavy atom. The average molecular weight is 931 g/mol. The zero-order valence-corrected chi connectivity index (χ0v) is 43.8. The molecule has 2 fully saturated rings. The van der Waals surface area contributed by atoms with E-state index in [1.165, 1.54) is 163 Å². The zero-order valence-electron chi connectivity index (χ0n) is 43.8. The van der Waals surface area contributed by atoms with Crippen molar-refractivity contribution >= 4 is 55.7 Å². The van der Waals surface area contributed by atoms with Crippen LogP contribution in [0.1, 0.15) is 115 Å². The number of anilines is 6. The molecule has 358 valence electrons. The lowest BCUT2D eigenvalue weighted by atomic mass is 9.61. The van der Waals surface area contributed by atoms with Gasteiger partial charge >= 0.3 is 0 Å². The Kier molecular flexibility index (Phi) is 9.54. The maximum atomic E-state index is 2.70. The van der Waals surface area contributed by atoms with E-state index in [0.717, 1.165) is 0 Å². The second-order valence-electron chi connectivity index (χ2n) is 24.0. The van der Waals surface area contributed by atoms with Crippen molar-refractivity contribution in [3.63, 3.8) is 0 Å². The van der Waals surface area contributed by atoms with Gasteiger partial charge in [0.25, 0.3) is 0 Å². The van der Waals surface area contributed by atoms with Gasteiger partial charge in [-0.3, -0.25) is 0 Å². The van der Waals surface area contributed by atoms with Crippen LogP contribution in [0.15, 0.2) is 146 Å². The quantitative estimate of drug-likeness (QED) is 0.154. The van der Waals surface area contributed by atoms with Crippen LogP contribution in [0, 0.1) is 0 Å². The molecule has 2 saturated carbocycles. The number of benzene rings is 8. The van der Waals surface area contributed by atoms with Gasteiger partial charge in [0.2, 0.25) is 0 Å². The monoisotopic (exact) mass is 931 g/mol. The third kappa shape index (κ3) is 5.97. The second-order valence-corrected chi connectivity index (χ2v) is 24.0. The van der Waals surface area contributed by atoms with Gasteiger partial charge in [-0.15, -0.1) is 0 Å². The van der Waals surface area contributed by atoms with Crippen LogP contribution in [0.2, 0.25) is 0 Å². The van der Waals surface area contributed by atoms with E-state index < -0.39 is 0 Å². The summed E-state index contributed by atoms with van der Waals surface area (Å²) in [6.07, 6.45) is 9.87. The Morgan fingerprint density at radius 1 is 0.394 bits per heavy atom. The lowest BCUT2D eigenvalue weighted by Gasteiger charge is -2.50. The van der Waals surface area contributed by atoms with E-state index in [1.54, 1.807) is 0 Å². The molecular formula is C67H70N4. The molecule has 4 unspecified atom stereocenters. The van der Waals surface area contributed by atoms with Crippen molar-refractivity contribution in [3.8, 4) is 33.4 Å². The van der Waals surface area contributed by atoms with Gasteiger partial charge in [0.05, 0.1) is 11.1 Å². The Labute approximate surface area is 422 Å². The van der Waals surface area contributed by atoms with Gasteiger partial charge in [-0.1, -0.05) is 114 Å². The summed E-state index contributed by atoms with van der Waals surface area (Å²) in [6.45, 7) is 15.1. The number of fused-ring (bicyclic) bond motifs is 14. The molecule has 5 aliphatic rings. The number of nitrogens with zero attached hydrogens (tertiary/aromatic N) is 4. The van der Waals surface area contributed by atoms with Gasteiger partial charge in [0.15, 0.2) is 0 Å². The minimum atomic E-state index is -0.202. The van der Waals surface area contributed by atoms with Crippen LogP contribution in [0.3, 0.4) is 0 Å². The number of hydrogen-bond donors (Lipinski definition) is 0. The van der Waals surface area contributed by atoms with Crippen molar-refractivity contribution in [2.75, 3.05) is 47.8 Å². The molecule has 0 amide bonds. The molecule has 0 bridgehead atoms. The van der Waals surface area contributed by atoms with Crippen LogP contribution >= 0.6 is 0 Å². The molecule has 0 aromatic heterocycles. The molecule has 4 heteroatoms. The average Bonchev–Trinajstić information content (AvgIpc) is 3.84. The fraction of sp³-hybridized carbons (Fsp3) is 0.343. The van der Waals surface area contributed by atoms with Crippen molar-refractivity contribution < 1.29 is 0 Å². The van der Waals surface area contributed by atoms with Crippen LogP contribution in [0.4, 0.5) is 34.1 Å². The van der Waals surface area contributed by atoms with Gasteiger partial charge in [0.1, 0.15) is 0 Å². The molecule has 0 N–H and O–H groups in total. The summed E-state index contributed by atoms with van der Waals surface area (Å²) in [7, 11) is 8.50. The molecule has 8 aromatic rings. The van der Waals surface area contributed by atoms with Gasteiger partial charge in [-0.05, 0) is 202 Å². The van der Waals surface area contributed by atoms with E-state index >= 15 is 0 Å². The summed E-state index contributed by atoms with van der Waals surface area (Å²) in [4.78, 5) is 9.78. The largest absolute Gasteiger partial charge is 0.378 e. The zero-order chi connectivity index (χ0) is 49.0. The van der Waals surface area contributed by atoms with Gasteiger partial charge < -0.3 is 19.6 Å². The van der Waals surface area contributed by atoms with Crippen LogP contribution < -0.4 is 19.6 Å². The smallest absolute Gasteiger partial charge is 0.0517 e. The highest BCUT2D eigenvalue weighted by Gasteiger charge is 2.59. The first kappa shape index (κ1) is 44.4. The van der Waals surface area contributed by atoms with Crippen LogP contribution in [-0.2, 0) is 16.2 Å². The molecule has 71 heavy (non-hydrogen) atoms. The Bertz CT molecular complexity index is 3490. The lowest BCUT2D eigenvalue weighted by molar-refractivity contribution is 0.195. The molecule has 8 aromatic carbocycles. The predicted octanol–water partition coefficient (Wildman–Crippen LogP) is 17.2. The summed E-state index contributed by atoms with van der Waals surface area (Å²) in [5, 5.41) is 5.40. The molecule has 3 aliphatic carbocycles. The first-order valence-electron chi connectivity index (χ1n) is 26.7. The van der Waals surface area contributed by atoms with Gasteiger partial charge in [-0.25, -0.2) is 0 Å². The molecular weight excluding hydrogens is 861 g/mol. The maximum absolute atomic E-state index is 2.70. The minimum absolute atomic E-state index is 0.00239. The third-order valence-corrected chi connectivity index (χ3v) is 19.7. The molecule has 13 rings (SSSR count). The highest BCUT2D eigenvalue weighted by atomic mass is 15.3. The molecule has 0 spiro atoms. The first-order valence-corrected chi connectivity index (χ1v) is 26.7. The predicted molar refractivity (Wildman–Crippen MR) is 304 cm³/mol. The first-order chi connectivity index (χ1) is 34.1. The van der Waals surface area contributed by atoms with Crippen molar-refractivity contribution in [1.82, 2.24) is 0 Å². The highest BCUT2D eigenvalue weighted by molar-refractivity contribution is 6.19. The normalized spacial score (nSPS) is 24.6. The van der Waals surface area contributed by atoms with E-state index in [1.807, 2.05) is 0 Å². The van der Waals surface area contributed by atoms with E-state index in [4.69, 9.17) is 0 Å². The summed E-state index contributed by atoms with van der Waals surface area (Å²) >= 11 is 0. The topological polar surface area (TPSA) is 13.0 Å². The van der Waals surface area contributed by atoms with Crippen LogP contribution in [0.5, 0.6) is 0 Å². The SMILES string of the molecule is CN(C)c1ccc(N2c3ccc(-c4ccc5c(c4)C(C)(C)c4c-5c5ccccc5c5cc(-c6ccc7c(c6)C6(C)CCCCC6(C)N7c6ccc(N(C)C)cc6)ccc45)cc3C3(C)CCCCC23C)cc1. The van der Waals surface area contributed by atoms with E-state index in [0.29, 0.717) is 0 Å². The molecule has 0 radical (unpaired) electrons. The number of rotatable bonds is 6. The molecule has 4 nitrogen and oxygen atoms in total. The standard InChI is InChI=1S/C67H70N4/c1-63(2)56-40-44(46-22-34-60-58(42-46)65(4)36-14-16-38-67(65,6)71(60)50-29-25-48(26-30-50)69(9)10)20-32-54(56)61-52-18-12-11-17-51(52)55-39-43(19-31-53(55)62(61)63)45-21-33-59-57(41-45)64(3)35-13-15-37-66(64,5)70(59)49-27-23-47(24-28-49)68(7)8/h11-12,17-34,39-42H,13-16,35-38H2,1-10H3. The second kappa shape index (κ2) is 15.2. The van der Waals surface area contributed by atoms with E-state index in [2.05, 4.69) is 235 Å². The molecule has 2 heterocycles. The summed E-state index contributed by atoms with van der Waals surface area (Å²) in [5.74, 6) is 0. The minimum Gasteiger partial charge on any atom is -0.378 e. The highest BCUT2D eigenvalue weighted by Crippen LogP contribution is 2.64. The van der Waals surface area contributed by atoms with Crippen molar-refractivity contribution in [1.29, 1.82) is 0 Å². The number of hydrogen-bond acceptors (Lipinski definition) is 4. The Hall–Kier alpha value is -6.52. The lowest BCUT2D eigenvalue weighted by Crippen LogP contribution is -2.54. The van der Waals surface area contributed by atoms with Crippen molar-refractivity contribution in [3.05, 3.63) is 168 Å². The summed E-state index contributed by atoms with van der Waals surface area (Å²) < 4.78 is 0. The maximum Gasteiger partial charge on any atom is 0.0517 e. The van der Waals surface area contributed by atoms with Gasteiger partial charge in [-0.2, -0.15) is 0 Å². The van der Waals surface area contributed by atoms with E-state index in [-0.39, 0.29) is 27.3 Å². The molecule has 4 atom stereocenters. The van der Waals surface area contributed by atoms with E-state index in [9.17, 15) is 0 Å². The van der Waals surface area contributed by atoms with Crippen LogP contribution in [0.25, 0.3) is 54.9 Å². The van der Waals surface area contributed by atoms with Crippen molar-refractivity contribution in [2.24, 2.45) is 0 Å². The summed E-state index contributed by atoms with van der Waals surface area (Å²) in [5.41, 5.74) is 21.6.